The number of para-hydroxylation sites is 3. The molecule has 3 aromatic carbocycles. The second-order valence-electron chi connectivity index (χ2n) is 7.31. The number of methoxy groups -OCH3 is 1. The van der Waals surface area contributed by atoms with Gasteiger partial charge in [-0.1, -0.05) is 42.5 Å². The third kappa shape index (κ3) is 2.86. The first-order valence-electron chi connectivity index (χ1n) is 9.62. The van der Waals surface area contributed by atoms with Crippen molar-refractivity contribution in [1.29, 1.82) is 0 Å². The Kier molecular flexibility index (Phi) is 4.09. The summed E-state index contributed by atoms with van der Waals surface area (Å²) in [6.45, 7) is 0. The predicted octanol–water partition coefficient (Wildman–Crippen LogP) is 4.37. The van der Waals surface area contributed by atoms with Crippen molar-refractivity contribution in [1.82, 2.24) is 9.55 Å². The topological polar surface area (TPSA) is 64.3 Å². The molecule has 1 N–H and O–H groups in total. The van der Waals surface area contributed by atoms with Crippen LogP contribution in [-0.2, 0) is 0 Å². The first-order chi connectivity index (χ1) is 14.2. The van der Waals surface area contributed by atoms with Crippen molar-refractivity contribution in [3.8, 4) is 17.2 Å². The summed E-state index contributed by atoms with van der Waals surface area (Å²) in [5, 5.41) is 11.2. The Labute approximate surface area is 167 Å². The van der Waals surface area contributed by atoms with Gasteiger partial charge in [-0.15, -0.1) is 0 Å². The van der Waals surface area contributed by atoms with Crippen LogP contribution in [0.25, 0.3) is 16.6 Å². The number of ether oxygens (including phenoxy) is 1. The summed E-state index contributed by atoms with van der Waals surface area (Å²) in [4.78, 5) is 18.2. The fourth-order valence-electron chi connectivity index (χ4n) is 4.05. The number of aromatic nitrogens is 2. The SMILES string of the molecule is COc1cccc([C@H]2C[C@H]2c2nc3ccccc3c(=O)n2-c2ccccc2)c1O. The van der Waals surface area contributed by atoms with E-state index in [1.54, 1.807) is 17.7 Å². The third-order valence-electron chi connectivity index (χ3n) is 5.59. The number of hydrogen-bond donors (Lipinski definition) is 1. The molecule has 29 heavy (non-hydrogen) atoms. The largest absolute Gasteiger partial charge is 0.504 e. The lowest BCUT2D eigenvalue weighted by Gasteiger charge is -2.14. The van der Waals surface area contributed by atoms with E-state index in [2.05, 4.69) is 0 Å². The van der Waals surface area contributed by atoms with E-state index in [0.717, 1.165) is 23.5 Å². The molecule has 1 aliphatic rings. The quantitative estimate of drug-likeness (QED) is 0.567. The summed E-state index contributed by atoms with van der Waals surface area (Å²) in [6, 6.07) is 22.6. The number of fused-ring (bicyclic) bond motifs is 1. The van der Waals surface area contributed by atoms with Gasteiger partial charge in [0.05, 0.1) is 23.7 Å². The van der Waals surface area contributed by atoms with Crippen molar-refractivity contribution in [3.63, 3.8) is 0 Å². The lowest BCUT2D eigenvalue weighted by Crippen LogP contribution is -2.23. The summed E-state index contributed by atoms with van der Waals surface area (Å²) < 4.78 is 6.97. The highest BCUT2D eigenvalue weighted by molar-refractivity contribution is 5.78. The summed E-state index contributed by atoms with van der Waals surface area (Å²) in [6.07, 6.45) is 0.818. The van der Waals surface area contributed by atoms with Crippen molar-refractivity contribution in [2.24, 2.45) is 0 Å². The molecule has 1 fully saturated rings. The average molecular weight is 384 g/mol. The molecule has 5 nitrogen and oxygen atoms in total. The van der Waals surface area contributed by atoms with Crippen LogP contribution in [0.1, 0.15) is 29.6 Å². The first kappa shape index (κ1) is 17.5. The molecular formula is C24H20N2O3. The van der Waals surface area contributed by atoms with E-state index in [1.165, 1.54) is 0 Å². The summed E-state index contributed by atoms with van der Waals surface area (Å²) in [7, 11) is 1.54. The van der Waals surface area contributed by atoms with Crippen LogP contribution in [-0.4, -0.2) is 21.8 Å². The van der Waals surface area contributed by atoms with Crippen LogP contribution in [0.2, 0.25) is 0 Å². The van der Waals surface area contributed by atoms with Gasteiger partial charge in [-0.2, -0.15) is 0 Å². The van der Waals surface area contributed by atoms with E-state index in [0.29, 0.717) is 16.7 Å². The number of phenolic OH excluding ortho intramolecular Hbond substituents is 1. The monoisotopic (exact) mass is 384 g/mol. The summed E-state index contributed by atoms with van der Waals surface area (Å²) in [5.41, 5.74) is 2.25. The first-order valence-corrected chi connectivity index (χ1v) is 9.62. The van der Waals surface area contributed by atoms with Gasteiger partial charge in [-0.25, -0.2) is 4.98 Å². The molecule has 0 aliphatic heterocycles. The van der Waals surface area contributed by atoms with Crippen LogP contribution in [0.15, 0.2) is 77.6 Å². The standard InChI is InChI=1S/C24H20N2O3/c1-29-21-13-7-11-16(22(21)27)18-14-19(18)23-25-20-12-6-5-10-17(20)24(28)26(23)15-8-3-2-4-9-15/h2-13,18-19,27H,14H2,1H3/t18-,19-/m1/s1. The highest BCUT2D eigenvalue weighted by Gasteiger charge is 2.44. The average Bonchev–Trinajstić information content (AvgIpc) is 3.55. The normalized spacial score (nSPS) is 18.0. The number of rotatable bonds is 4. The highest BCUT2D eigenvalue weighted by atomic mass is 16.5. The van der Waals surface area contributed by atoms with Gasteiger partial charge in [0.2, 0.25) is 0 Å². The molecule has 0 unspecified atom stereocenters. The predicted molar refractivity (Wildman–Crippen MR) is 112 cm³/mol. The summed E-state index contributed by atoms with van der Waals surface area (Å²) in [5.74, 6) is 1.49. The van der Waals surface area contributed by atoms with Gasteiger partial charge in [-0.05, 0) is 42.7 Å². The van der Waals surface area contributed by atoms with Gasteiger partial charge in [0.25, 0.3) is 5.56 Å². The maximum atomic E-state index is 13.3. The van der Waals surface area contributed by atoms with Crippen molar-refractivity contribution in [2.45, 2.75) is 18.3 Å². The van der Waals surface area contributed by atoms with Crippen molar-refractivity contribution in [3.05, 3.63) is 94.5 Å². The second-order valence-corrected chi connectivity index (χ2v) is 7.31. The molecule has 4 aromatic rings. The van der Waals surface area contributed by atoms with Crippen LogP contribution in [0.5, 0.6) is 11.5 Å². The number of hydrogen-bond acceptors (Lipinski definition) is 4. The summed E-state index contributed by atoms with van der Waals surface area (Å²) >= 11 is 0. The van der Waals surface area contributed by atoms with E-state index >= 15 is 0 Å². The lowest BCUT2D eigenvalue weighted by atomic mass is 10.1. The fraction of sp³-hybridized carbons (Fsp3) is 0.167. The Hall–Kier alpha value is -3.60. The van der Waals surface area contributed by atoms with Gasteiger partial charge in [0, 0.05) is 11.5 Å². The van der Waals surface area contributed by atoms with Crippen LogP contribution in [0, 0.1) is 0 Å². The Balaban J connectivity index is 1.67. The Bertz CT molecular complexity index is 1260. The van der Waals surface area contributed by atoms with Crippen LogP contribution in [0.3, 0.4) is 0 Å². The smallest absolute Gasteiger partial charge is 0.265 e. The molecule has 0 saturated heterocycles. The molecule has 0 radical (unpaired) electrons. The Morgan fingerprint density at radius 3 is 2.52 bits per heavy atom. The molecule has 2 atom stereocenters. The zero-order valence-electron chi connectivity index (χ0n) is 15.9. The molecule has 0 bridgehead atoms. The van der Waals surface area contributed by atoms with Gasteiger partial charge in [-0.3, -0.25) is 9.36 Å². The lowest BCUT2D eigenvalue weighted by molar-refractivity contribution is 0.370. The minimum absolute atomic E-state index is 0.0468. The van der Waals surface area contributed by atoms with E-state index in [4.69, 9.17) is 9.72 Å². The number of benzene rings is 3. The minimum atomic E-state index is -0.0719. The molecule has 144 valence electrons. The van der Waals surface area contributed by atoms with Crippen LogP contribution in [0.4, 0.5) is 0 Å². The highest BCUT2D eigenvalue weighted by Crippen LogP contribution is 2.57. The Morgan fingerprint density at radius 1 is 0.966 bits per heavy atom. The van der Waals surface area contributed by atoms with E-state index in [-0.39, 0.29) is 23.1 Å². The molecule has 1 saturated carbocycles. The molecule has 0 spiro atoms. The third-order valence-corrected chi connectivity index (χ3v) is 5.59. The van der Waals surface area contributed by atoms with Gasteiger partial charge in [0.1, 0.15) is 5.82 Å². The van der Waals surface area contributed by atoms with E-state index < -0.39 is 0 Å². The van der Waals surface area contributed by atoms with Gasteiger partial charge < -0.3 is 9.84 Å². The molecule has 1 heterocycles. The zero-order valence-corrected chi connectivity index (χ0v) is 15.9. The van der Waals surface area contributed by atoms with Crippen molar-refractivity contribution in [2.75, 3.05) is 7.11 Å². The van der Waals surface area contributed by atoms with E-state index in [1.807, 2.05) is 66.7 Å². The molecule has 5 rings (SSSR count). The van der Waals surface area contributed by atoms with Gasteiger partial charge in [0.15, 0.2) is 11.5 Å². The van der Waals surface area contributed by atoms with Crippen molar-refractivity contribution < 1.29 is 9.84 Å². The molecule has 1 aromatic heterocycles. The molecular weight excluding hydrogens is 364 g/mol. The fourth-order valence-corrected chi connectivity index (χ4v) is 4.05. The molecule has 5 heteroatoms. The van der Waals surface area contributed by atoms with Crippen LogP contribution >= 0.6 is 0 Å². The van der Waals surface area contributed by atoms with Gasteiger partial charge >= 0.3 is 0 Å². The van der Waals surface area contributed by atoms with Crippen LogP contribution < -0.4 is 10.3 Å². The van der Waals surface area contributed by atoms with E-state index in [9.17, 15) is 9.90 Å². The Morgan fingerprint density at radius 2 is 1.72 bits per heavy atom. The number of phenols is 1. The minimum Gasteiger partial charge on any atom is -0.504 e. The number of aromatic hydroxyl groups is 1. The maximum absolute atomic E-state index is 13.3. The molecule has 0 amide bonds. The second kappa shape index (κ2) is 6.78. The van der Waals surface area contributed by atoms with Crippen molar-refractivity contribution >= 4 is 10.9 Å². The maximum Gasteiger partial charge on any atom is 0.265 e. The number of nitrogens with zero attached hydrogens (tertiary/aromatic N) is 2. The molecule has 1 aliphatic carbocycles. The zero-order chi connectivity index (χ0) is 20.0.